The van der Waals surface area contributed by atoms with Crippen molar-refractivity contribution < 1.29 is 14.7 Å². The van der Waals surface area contributed by atoms with Gasteiger partial charge in [0.2, 0.25) is 0 Å². The lowest BCUT2D eigenvalue weighted by Crippen LogP contribution is -2.55. The summed E-state index contributed by atoms with van der Waals surface area (Å²) in [5.41, 5.74) is -0.662. The maximum absolute atomic E-state index is 12.4. The van der Waals surface area contributed by atoms with E-state index in [0.717, 1.165) is 10.2 Å². The molecule has 110 valence electrons. The van der Waals surface area contributed by atoms with Crippen LogP contribution in [-0.4, -0.2) is 38.6 Å². The van der Waals surface area contributed by atoms with E-state index in [1.807, 2.05) is 24.6 Å². The zero-order valence-corrected chi connectivity index (χ0v) is 13.8. The number of aliphatic carboxylic acids is 1. The van der Waals surface area contributed by atoms with Crippen LogP contribution in [0.5, 0.6) is 0 Å². The Labute approximate surface area is 130 Å². The average Bonchev–Trinajstić information content (AvgIpc) is 2.96. The van der Waals surface area contributed by atoms with E-state index in [2.05, 4.69) is 21.2 Å². The number of aromatic nitrogens is 1. The van der Waals surface area contributed by atoms with Gasteiger partial charge in [0.25, 0.3) is 5.91 Å². The highest BCUT2D eigenvalue weighted by atomic mass is 79.9. The molecule has 2 rings (SSSR count). The van der Waals surface area contributed by atoms with E-state index in [9.17, 15) is 14.7 Å². The molecule has 1 saturated heterocycles. The molecule has 2 N–H and O–H groups in total. The van der Waals surface area contributed by atoms with Crippen molar-refractivity contribution in [2.24, 2.45) is 0 Å². The second kappa shape index (κ2) is 5.81. The molecule has 5 nitrogen and oxygen atoms in total. The van der Waals surface area contributed by atoms with Gasteiger partial charge in [-0.15, -0.1) is 0 Å². The number of hydrogen-bond donors (Lipinski definition) is 2. The number of carbonyl (C=O) groups excluding carboxylic acids is 1. The SMILES string of the molecule is CC(C)n1cc(Br)cc1C(=O)N[C@]1(C(=O)O)CCSC1. The van der Waals surface area contributed by atoms with E-state index < -0.39 is 11.5 Å². The predicted octanol–water partition coefficient (Wildman–Crippen LogP) is 2.52. The Hall–Kier alpha value is -0.950. The van der Waals surface area contributed by atoms with Crippen molar-refractivity contribution >= 4 is 39.6 Å². The number of rotatable bonds is 4. The summed E-state index contributed by atoms with van der Waals surface area (Å²) in [6.45, 7) is 3.95. The topological polar surface area (TPSA) is 71.3 Å². The summed E-state index contributed by atoms with van der Waals surface area (Å²) in [6, 6.07) is 1.84. The molecule has 0 bridgehead atoms. The molecule has 0 saturated carbocycles. The molecule has 1 aliphatic heterocycles. The molecule has 1 atom stereocenters. The van der Waals surface area contributed by atoms with Gasteiger partial charge in [0, 0.05) is 22.5 Å². The fourth-order valence-electron chi connectivity index (χ4n) is 2.22. The minimum atomic E-state index is -1.14. The number of carbonyl (C=O) groups is 2. The molecule has 1 amide bonds. The van der Waals surface area contributed by atoms with Gasteiger partial charge in [-0.25, -0.2) is 4.79 Å². The first-order chi connectivity index (χ1) is 9.35. The molecular weight excluding hydrogens is 344 g/mol. The number of hydrogen-bond acceptors (Lipinski definition) is 3. The van der Waals surface area contributed by atoms with Gasteiger partial charge in [-0.3, -0.25) is 4.79 Å². The van der Waals surface area contributed by atoms with Gasteiger partial charge in [-0.05, 0) is 48.0 Å². The molecule has 1 aromatic rings. The third-order valence-corrected chi connectivity index (χ3v) is 5.01. The molecule has 0 aliphatic carbocycles. The highest BCUT2D eigenvalue weighted by Crippen LogP contribution is 2.29. The fourth-order valence-corrected chi connectivity index (χ4v) is 3.98. The first kappa shape index (κ1) is 15.4. The molecule has 0 radical (unpaired) electrons. The zero-order chi connectivity index (χ0) is 14.9. The van der Waals surface area contributed by atoms with Gasteiger partial charge in [0.05, 0.1) is 0 Å². The predicted molar refractivity (Wildman–Crippen MR) is 82.3 cm³/mol. The summed E-state index contributed by atoms with van der Waals surface area (Å²) in [5, 5.41) is 12.1. The third kappa shape index (κ3) is 2.88. The normalized spacial score (nSPS) is 22.2. The van der Waals surface area contributed by atoms with Crippen LogP contribution in [-0.2, 0) is 4.79 Å². The lowest BCUT2D eigenvalue weighted by molar-refractivity contribution is -0.143. The summed E-state index contributed by atoms with van der Waals surface area (Å²) in [4.78, 5) is 23.9. The van der Waals surface area contributed by atoms with Gasteiger partial charge >= 0.3 is 5.97 Å². The van der Waals surface area contributed by atoms with Crippen molar-refractivity contribution in [1.82, 2.24) is 9.88 Å². The molecule has 1 aromatic heterocycles. The van der Waals surface area contributed by atoms with Crippen LogP contribution < -0.4 is 5.32 Å². The molecule has 20 heavy (non-hydrogen) atoms. The highest BCUT2D eigenvalue weighted by molar-refractivity contribution is 9.10. The summed E-state index contributed by atoms with van der Waals surface area (Å²) >= 11 is 4.90. The minimum Gasteiger partial charge on any atom is -0.479 e. The largest absolute Gasteiger partial charge is 0.479 e. The third-order valence-electron chi connectivity index (χ3n) is 3.39. The molecule has 1 fully saturated rings. The lowest BCUT2D eigenvalue weighted by atomic mass is 9.99. The van der Waals surface area contributed by atoms with Gasteiger partial charge in [-0.1, -0.05) is 0 Å². The van der Waals surface area contributed by atoms with Crippen molar-refractivity contribution in [2.75, 3.05) is 11.5 Å². The quantitative estimate of drug-likeness (QED) is 0.865. The van der Waals surface area contributed by atoms with Crippen LogP contribution >= 0.6 is 27.7 Å². The first-order valence-electron chi connectivity index (χ1n) is 6.37. The number of nitrogens with zero attached hydrogens (tertiary/aromatic N) is 1. The second-order valence-corrected chi connectivity index (χ2v) is 7.21. The van der Waals surface area contributed by atoms with Gasteiger partial charge in [0.1, 0.15) is 11.2 Å². The van der Waals surface area contributed by atoms with Crippen molar-refractivity contribution in [2.45, 2.75) is 31.8 Å². The van der Waals surface area contributed by atoms with E-state index in [-0.39, 0.29) is 11.9 Å². The first-order valence-corrected chi connectivity index (χ1v) is 8.31. The summed E-state index contributed by atoms with van der Waals surface area (Å²) in [7, 11) is 0. The summed E-state index contributed by atoms with van der Waals surface area (Å²) in [6.07, 6.45) is 2.29. The average molecular weight is 361 g/mol. The molecule has 0 spiro atoms. The van der Waals surface area contributed by atoms with Gasteiger partial charge < -0.3 is 15.0 Å². The van der Waals surface area contributed by atoms with Crippen LogP contribution in [0.2, 0.25) is 0 Å². The van der Waals surface area contributed by atoms with Crippen LogP contribution in [0.25, 0.3) is 0 Å². The summed E-state index contributed by atoms with van der Waals surface area (Å²) in [5.74, 6) is -0.133. The smallest absolute Gasteiger partial charge is 0.330 e. The maximum atomic E-state index is 12.4. The molecule has 2 heterocycles. The van der Waals surface area contributed by atoms with Gasteiger partial charge in [0.15, 0.2) is 0 Å². The van der Waals surface area contributed by atoms with E-state index in [0.29, 0.717) is 17.9 Å². The van der Waals surface area contributed by atoms with E-state index >= 15 is 0 Å². The maximum Gasteiger partial charge on any atom is 0.330 e. The van der Waals surface area contributed by atoms with Crippen LogP contribution in [0.1, 0.15) is 36.8 Å². The number of halogens is 1. The number of amides is 1. The Balaban J connectivity index is 2.26. The Morgan fingerprint density at radius 2 is 2.25 bits per heavy atom. The van der Waals surface area contributed by atoms with Crippen LogP contribution in [0.4, 0.5) is 0 Å². The number of thioether (sulfide) groups is 1. The van der Waals surface area contributed by atoms with Crippen molar-refractivity contribution in [3.63, 3.8) is 0 Å². The Kier molecular flexibility index (Phi) is 4.49. The highest BCUT2D eigenvalue weighted by Gasteiger charge is 2.43. The molecular formula is C13H17BrN2O3S. The minimum absolute atomic E-state index is 0.126. The van der Waals surface area contributed by atoms with Crippen molar-refractivity contribution in [3.05, 3.63) is 22.4 Å². The van der Waals surface area contributed by atoms with Gasteiger partial charge in [-0.2, -0.15) is 11.8 Å². The molecule has 1 aliphatic rings. The van der Waals surface area contributed by atoms with Crippen LogP contribution in [0, 0.1) is 0 Å². The van der Waals surface area contributed by atoms with E-state index in [1.165, 1.54) is 0 Å². The van der Waals surface area contributed by atoms with Crippen molar-refractivity contribution in [3.8, 4) is 0 Å². The molecule has 7 heteroatoms. The number of nitrogens with one attached hydrogen (secondary N) is 1. The standard InChI is InChI=1S/C13H17BrN2O3S/c1-8(2)16-6-9(14)5-10(16)11(17)15-13(12(18)19)3-4-20-7-13/h5-6,8H,3-4,7H2,1-2H3,(H,15,17)(H,18,19)/t13-/m1/s1. The summed E-state index contributed by atoms with van der Waals surface area (Å²) < 4.78 is 2.64. The Morgan fingerprint density at radius 1 is 1.55 bits per heavy atom. The monoisotopic (exact) mass is 360 g/mol. The zero-order valence-electron chi connectivity index (χ0n) is 11.4. The lowest BCUT2D eigenvalue weighted by Gasteiger charge is -2.25. The van der Waals surface area contributed by atoms with Crippen LogP contribution in [0.3, 0.4) is 0 Å². The number of carboxylic acids is 1. The second-order valence-electron chi connectivity index (χ2n) is 5.19. The van der Waals surface area contributed by atoms with Crippen LogP contribution in [0.15, 0.2) is 16.7 Å². The Morgan fingerprint density at radius 3 is 2.75 bits per heavy atom. The fraction of sp³-hybridized carbons (Fsp3) is 0.538. The van der Waals surface area contributed by atoms with Crippen molar-refractivity contribution in [1.29, 1.82) is 0 Å². The Bertz CT molecular complexity index is 536. The molecule has 0 unspecified atom stereocenters. The molecule has 0 aromatic carbocycles. The number of carboxylic acid groups (broad SMARTS) is 1. The van der Waals surface area contributed by atoms with E-state index in [1.54, 1.807) is 17.8 Å². The van der Waals surface area contributed by atoms with E-state index in [4.69, 9.17) is 0 Å².